The van der Waals surface area contributed by atoms with Gasteiger partial charge in [-0.15, -0.1) is 0 Å². The van der Waals surface area contributed by atoms with E-state index >= 15 is 0 Å². The molecule has 0 atom stereocenters. The molecule has 0 unspecified atom stereocenters. The number of aromatic nitrogens is 2. The Balaban J connectivity index is 2.00. The fourth-order valence-electron chi connectivity index (χ4n) is 2.22. The summed E-state index contributed by atoms with van der Waals surface area (Å²) >= 11 is 12.1. The average molecular weight is 347 g/mol. The maximum atomic E-state index is 11.8. The number of nitrogens with one attached hydrogen (secondary N) is 1. The Bertz CT molecular complexity index is 916. The molecule has 0 saturated carbocycles. The molecule has 1 aromatic heterocycles. The molecule has 0 aliphatic carbocycles. The lowest BCUT2D eigenvalue weighted by Gasteiger charge is -1.99. The van der Waals surface area contributed by atoms with E-state index in [1.807, 2.05) is 24.3 Å². The molecule has 3 rings (SSSR count). The summed E-state index contributed by atoms with van der Waals surface area (Å²) in [5.74, 6) is 0.183. The minimum Gasteiger partial charge on any atom is -0.465 e. The number of methoxy groups -OCH3 is 1. The summed E-state index contributed by atoms with van der Waals surface area (Å²) < 4.78 is 4.77. The van der Waals surface area contributed by atoms with Crippen LogP contribution >= 0.6 is 23.2 Å². The molecule has 3 aromatic rings. The molecule has 23 heavy (non-hydrogen) atoms. The van der Waals surface area contributed by atoms with Crippen molar-refractivity contribution in [2.24, 2.45) is 0 Å². The van der Waals surface area contributed by atoms with Gasteiger partial charge in [0.1, 0.15) is 11.3 Å². The van der Waals surface area contributed by atoms with Gasteiger partial charge in [0.05, 0.1) is 28.2 Å². The molecular weight excluding hydrogens is 335 g/mol. The Morgan fingerprint density at radius 2 is 1.96 bits per heavy atom. The number of esters is 1. The number of fused-ring (bicyclic) bond motifs is 1. The highest BCUT2D eigenvalue weighted by Gasteiger charge is 2.13. The van der Waals surface area contributed by atoms with Crippen LogP contribution in [-0.2, 0) is 4.74 Å². The number of carbonyl (C=O) groups is 1. The van der Waals surface area contributed by atoms with Crippen LogP contribution in [0.15, 0.2) is 36.4 Å². The first kappa shape index (κ1) is 15.6. The van der Waals surface area contributed by atoms with Gasteiger partial charge in [0.15, 0.2) is 0 Å². The molecule has 0 amide bonds. The van der Waals surface area contributed by atoms with Crippen molar-refractivity contribution in [3.05, 3.63) is 63.4 Å². The number of rotatable bonds is 3. The molecule has 116 valence electrons. The number of ether oxygens (including phenoxy) is 1. The Labute approximate surface area is 142 Å². The zero-order valence-corrected chi connectivity index (χ0v) is 13.7. The highest BCUT2D eigenvalue weighted by molar-refractivity contribution is 6.42. The summed E-state index contributed by atoms with van der Waals surface area (Å²) in [5, 5.41) is 0.975. The van der Waals surface area contributed by atoms with E-state index in [4.69, 9.17) is 27.9 Å². The van der Waals surface area contributed by atoms with E-state index in [0.717, 1.165) is 11.1 Å². The number of hydrogen-bond acceptors (Lipinski definition) is 3. The van der Waals surface area contributed by atoms with E-state index in [1.165, 1.54) is 7.11 Å². The number of para-hydroxylation sites is 1. The number of aromatic amines is 1. The van der Waals surface area contributed by atoms with Gasteiger partial charge in [0.25, 0.3) is 0 Å². The first-order valence-electron chi connectivity index (χ1n) is 6.79. The molecule has 1 heterocycles. The van der Waals surface area contributed by atoms with E-state index in [1.54, 1.807) is 24.3 Å². The number of hydrogen-bond donors (Lipinski definition) is 1. The summed E-state index contributed by atoms with van der Waals surface area (Å²) in [6.45, 7) is 0. The average Bonchev–Trinajstić information content (AvgIpc) is 2.98. The molecule has 0 aliphatic rings. The molecule has 2 aromatic carbocycles. The molecule has 0 saturated heterocycles. The van der Waals surface area contributed by atoms with Crippen LogP contribution in [0.4, 0.5) is 0 Å². The van der Waals surface area contributed by atoms with Crippen LogP contribution in [0.2, 0.25) is 10.0 Å². The lowest BCUT2D eigenvalue weighted by molar-refractivity contribution is 0.0603. The van der Waals surface area contributed by atoms with E-state index in [2.05, 4.69) is 9.97 Å². The molecule has 0 fully saturated rings. The van der Waals surface area contributed by atoms with E-state index in [-0.39, 0.29) is 0 Å². The first-order chi connectivity index (χ1) is 11.1. The van der Waals surface area contributed by atoms with Crippen molar-refractivity contribution in [1.29, 1.82) is 0 Å². The predicted octanol–water partition coefficient (Wildman–Crippen LogP) is 4.83. The Morgan fingerprint density at radius 1 is 1.17 bits per heavy atom. The summed E-state index contributed by atoms with van der Waals surface area (Å²) in [6, 6.07) is 10.7. The van der Waals surface area contributed by atoms with Crippen LogP contribution in [0.25, 0.3) is 23.2 Å². The molecule has 0 bridgehead atoms. The summed E-state index contributed by atoms with van der Waals surface area (Å²) in [4.78, 5) is 19.3. The Hall–Kier alpha value is -2.30. The minimum absolute atomic E-state index is 0.418. The number of halogens is 2. The van der Waals surface area contributed by atoms with Crippen molar-refractivity contribution in [3.63, 3.8) is 0 Å². The second kappa shape index (κ2) is 6.44. The van der Waals surface area contributed by atoms with Crippen LogP contribution in [0, 0.1) is 0 Å². The third-order valence-corrected chi connectivity index (χ3v) is 4.17. The number of H-pyrrole nitrogens is 1. The molecule has 0 radical (unpaired) electrons. The predicted molar refractivity (Wildman–Crippen MR) is 92.8 cm³/mol. The fourth-order valence-corrected chi connectivity index (χ4v) is 2.59. The highest BCUT2D eigenvalue weighted by atomic mass is 35.5. The zero-order chi connectivity index (χ0) is 16.4. The van der Waals surface area contributed by atoms with Crippen LogP contribution < -0.4 is 0 Å². The smallest absolute Gasteiger partial charge is 0.340 e. The highest BCUT2D eigenvalue weighted by Crippen LogP contribution is 2.27. The van der Waals surface area contributed by atoms with Gasteiger partial charge in [-0.25, -0.2) is 9.78 Å². The van der Waals surface area contributed by atoms with E-state index in [0.29, 0.717) is 26.9 Å². The number of imidazole rings is 1. The van der Waals surface area contributed by atoms with Crippen molar-refractivity contribution in [3.8, 4) is 0 Å². The summed E-state index contributed by atoms with van der Waals surface area (Å²) in [6.07, 6.45) is 3.59. The molecule has 1 N–H and O–H groups in total. The number of nitrogens with zero attached hydrogens (tertiary/aromatic N) is 1. The van der Waals surface area contributed by atoms with Gasteiger partial charge < -0.3 is 9.72 Å². The van der Waals surface area contributed by atoms with Gasteiger partial charge in [-0.1, -0.05) is 41.4 Å². The first-order valence-corrected chi connectivity index (χ1v) is 7.55. The van der Waals surface area contributed by atoms with Crippen LogP contribution in [0.5, 0.6) is 0 Å². The summed E-state index contributed by atoms with van der Waals surface area (Å²) in [5.41, 5.74) is 2.52. The maximum Gasteiger partial charge on any atom is 0.340 e. The maximum absolute atomic E-state index is 11.8. The lowest BCUT2D eigenvalue weighted by Crippen LogP contribution is -2.01. The summed E-state index contributed by atoms with van der Waals surface area (Å²) in [7, 11) is 1.34. The van der Waals surface area contributed by atoms with Crippen molar-refractivity contribution >= 4 is 52.4 Å². The topological polar surface area (TPSA) is 55.0 Å². The van der Waals surface area contributed by atoms with Crippen LogP contribution in [-0.4, -0.2) is 23.0 Å². The van der Waals surface area contributed by atoms with Gasteiger partial charge in [-0.3, -0.25) is 0 Å². The molecule has 6 heteroatoms. The van der Waals surface area contributed by atoms with Gasteiger partial charge in [-0.2, -0.15) is 0 Å². The van der Waals surface area contributed by atoms with Crippen molar-refractivity contribution in [1.82, 2.24) is 9.97 Å². The molecule has 4 nitrogen and oxygen atoms in total. The monoisotopic (exact) mass is 346 g/mol. The van der Waals surface area contributed by atoms with Crippen molar-refractivity contribution in [2.45, 2.75) is 0 Å². The van der Waals surface area contributed by atoms with Crippen molar-refractivity contribution < 1.29 is 9.53 Å². The largest absolute Gasteiger partial charge is 0.465 e. The van der Waals surface area contributed by atoms with Crippen LogP contribution in [0.3, 0.4) is 0 Å². The Morgan fingerprint density at radius 3 is 2.74 bits per heavy atom. The van der Waals surface area contributed by atoms with Crippen LogP contribution in [0.1, 0.15) is 21.7 Å². The zero-order valence-electron chi connectivity index (χ0n) is 12.1. The van der Waals surface area contributed by atoms with Crippen molar-refractivity contribution in [2.75, 3.05) is 7.11 Å². The normalized spacial score (nSPS) is 11.3. The number of benzene rings is 2. The fraction of sp³-hybridized carbons (Fsp3) is 0.0588. The second-order valence-electron chi connectivity index (χ2n) is 4.79. The minimum atomic E-state index is -0.421. The SMILES string of the molecule is COC(=O)c1cccc2[nH]c(/C=C/c3cccc(Cl)c3Cl)nc12. The lowest BCUT2D eigenvalue weighted by atomic mass is 10.2. The van der Waals surface area contributed by atoms with Gasteiger partial charge in [0.2, 0.25) is 0 Å². The molecule has 0 spiro atoms. The third-order valence-electron chi connectivity index (χ3n) is 3.34. The van der Waals surface area contributed by atoms with Gasteiger partial charge in [0, 0.05) is 0 Å². The quantitative estimate of drug-likeness (QED) is 0.691. The van der Waals surface area contributed by atoms with E-state index in [9.17, 15) is 4.79 Å². The number of carbonyl (C=O) groups excluding carboxylic acids is 1. The van der Waals surface area contributed by atoms with E-state index < -0.39 is 5.97 Å². The molecular formula is C17H12Cl2N2O2. The Kier molecular flexibility index (Phi) is 4.37. The third kappa shape index (κ3) is 3.09. The molecule has 0 aliphatic heterocycles. The standard InChI is InChI=1S/C17H12Cl2N2O2/c1-23-17(22)11-5-3-7-13-16(11)21-14(20-13)9-8-10-4-2-6-12(18)15(10)19/h2-9H,1H3,(H,20,21)/b9-8+. The van der Waals surface area contributed by atoms with Gasteiger partial charge in [-0.05, 0) is 35.9 Å². The second-order valence-corrected chi connectivity index (χ2v) is 5.58. The van der Waals surface area contributed by atoms with Gasteiger partial charge >= 0.3 is 5.97 Å².